The van der Waals surface area contributed by atoms with E-state index in [1.165, 1.54) is 14.0 Å². The molecule has 0 aliphatic carbocycles. The van der Waals surface area contributed by atoms with Crippen LogP contribution in [0.5, 0.6) is 5.75 Å². The van der Waals surface area contributed by atoms with Crippen LogP contribution in [0.2, 0.25) is 5.02 Å². The van der Waals surface area contributed by atoms with Crippen LogP contribution in [0.4, 0.5) is 11.4 Å². The first-order valence-corrected chi connectivity index (χ1v) is 7.85. The molecule has 6 heteroatoms. The zero-order chi connectivity index (χ0) is 17.5. The summed E-state index contributed by atoms with van der Waals surface area (Å²) in [5.41, 5.74) is 1.27. The van der Waals surface area contributed by atoms with Crippen molar-refractivity contribution in [2.24, 2.45) is 0 Å². The van der Waals surface area contributed by atoms with Crippen LogP contribution in [0, 0.1) is 0 Å². The smallest absolute Gasteiger partial charge is 0.226 e. The molecule has 0 spiro atoms. The molecule has 0 atom stereocenters. The molecule has 24 heavy (non-hydrogen) atoms. The quantitative estimate of drug-likeness (QED) is 0.867. The lowest BCUT2D eigenvalue weighted by Gasteiger charge is -2.21. The van der Waals surface area contributed by atoms with Crippen LogP contribution in [0.1, 0.15) is 13.3 Å². The third-order valence-corrected chi connectivity index (χ3v) is 3.68. The predicted molar refractivity (Wildman–Crippen MR) is 95.7 cm³/mol. The molecule has 0 aromatic heterocycles. The molecule has 0 fully saturated rings. The number of nitrogens with one attached hydrogen (secondary N) is 1. The highest BCUT2D eigenvalue weighted by Gasteiger charge is 2.14. The van der Waals surface area contributed by atoms with Crippen LogP contribution < -0.4 is 15.0 Å². The van der Waals surface area contributed by atoms with Gasteiger partial charge in [0.2, 0.25) is 11.8 Å². The van der Waals surface area contributed by atoms with Gasteiger partial charge < -0.3 is 15.0 Å². The van der Waals surface area contributed by atoms with Crippen molar-refractivity contribution in [1.29, 1.82) is 0 Å². The summed E-state index contributed by atoms with van der Waals surface area (Å²) < 4.78 is 5.20. The summed E-state index contributed by atoms with van der Waals surface area (Å²) in [7, 11) is 1.52. The Morgan fingerprint density at radius 2 is 1.88 bits per heavy atom. The Kier molecular flexibility index (Phi) is 6.21. The number of nitrogens with zero attached hydrogens (tertiary/aromatic N) is 1. The lowest BCUT2D eigenvalue weighted by atomic mass is 10.2. The Morgan fingerprint density at radius 3 is 2.50 bits per heavy atom. The summed E-state index contributed by atoms with van der Waals surface area (Å²) in [4.78, 5) is 25.6. The number of ether oxygens (including phenoxy) is 1. The van der Waals surface area contributed by atoms with Crippen molar-refractivity contribution in [1.82, 2.24) is 0 Å². The Morgan fingerprint density at radius 1 is 1.17 bits per heavy atom. The van der Waals surface area contributed by atoms with E-state index < -0.39 is 0 Å². The lowest BCUT2D eigenvalue weighted by molar-refractivity contribution is -0.117. The van der Waals surface area contributed by atoms with E-state index in [0.29, 0.717) is 16.5 Å². The van der Waals surface area contributed by atoms with Gasteiger partial charge in [-0.3, -0.25) is 9.59 Å². The van der Waals surface area contributed by atoms with E-state index in [-0.39, 0.29) is 24.8 Å². The van der Waals surface area contributed by atoms with Gasteiger partial charge in [-0.25, -0.2) is 0 Å². The molecule has 0 aliphatic rings. The standard InChI is InChI=1S/C18H19ClN2O3/c1-13(22)21(15-6-4-3-5-7-15)11-10-18(23)20-16-12-14(19)8-9-17(16)24-2/h3-9,12H,10-11H2,1-2H3,(H,20,23). The van der Waals surface area contributed by atoms with Gasteiger partial charge in [-0.05, 0) is 30.3 Å². The summed E-state index contributed by atoms with van der Waals surface area (Å²) in [5, 5.41) is 3.26. The first-order valence-electron chi connectivity index (χ1n) is 7.48. The molecule has 0 heterocycles. The third-order valence-electron chi connectivity index (χ3n) is 3.45. The van der Waals surface area contributed by atoms with Gasteiger partial charge in [0.25, 0.3) is 0 Å². The summed E-state index contributed by atoms with van der Waals surface area (Å²) in [5.74, 6) is 0.186. The van der Waals surface area contributed by atoms with Crippen LogP contribution in [0.25, 0.3) is 0 Å². The van der Waals surface area contributed by atoms with Gasteiger partial charge in [-0.15, -0.1) is 0 Å². The third kappa shape index (κ3) is 4.73. The average molecular weight is 347 g/mol. The number of benzene rings is 2. The minimum atomic E-state index is -0.224. The molecule has 0 bridgehead atoms. The Balaban J connectivity index is 2.02. The number of halogens is 1. The number of carbonyl (C=O) groups is 2. The molecular formula is C18H19ClN2O3. The van der Waals surface area contributed by atoms with Gasteiger partial charge in [0.15, 0.2) is 0 Å². The number of hydrogen-bond donors (Lipinski definition) is 1. The van der Waals surface area contributed by atoms with Crippen molar-refractivity contribution in [3.8, 4) is 5.75 Å². The molecule has 1 N–H and O–H groups in total. The molecule has 0 saturated heterocycles. The van der Waals surface area contributed by atoms with E-state index in [2.05, 4.69) is 5.32 Å². The number of carbonyl (C=O) groups excluding carboxylic acids is 2. The number of rotatable bonds is 6. The second-order valence-corrected chi connectivity index (χ2v) is 5.59. The first-order chi connectivity index (χ1) is 11.5. The molecule has 0 saturated carbocycles. The van der Waals surface area contributed by atoms with Gasteiger partial charge in [-0.2, -0.15) is 0 Å². The SMILES string of the molecule is COc1ccc(Cl)cc1NC(=O)CCN(C(C)=O)c1ccccc1. The highest BCUT2D eigenvalue weighted by atomic mass is 35.5. The summed E-state index contributed by atoms with van der Waals surface area (Å²) in [6.45, 7) is 1.76. The molecule has 126 valence electrons. The van der Waals surface area contributed by atoms with Crippen molar-refractivity contribution < 1.29 is 14.3 Å². The molecule has 2 aromatic carbocycles. The monoisotopic (exact) mass is 346 g/mol. The van der Waals surface area contributed by atoms with Crippen LogP contribution in [-0.2, 0) is 9.59 Å². The van der Waals surface area contributed by atoms with Crippen molar-refractivity contribution in [3.63, 3.8) is 0 Å². The average Bonchev–Trinajstić information content (AvgIpc) is 2.56. The molecular weight excluding hydrogens is 328 g/mol. The second kappa shape index (κ2) is 8.36. The summed E-state index contributed by atoms with van der Waals surface area (Å²) >= 11 is 5.95. The Hall–Kier alpha value is -2.53. The molecule has 0 radical (unpaired) electrons. The van der Waals surface area contributed by atoms with E-state index in [4.69, 9.17) is 16.3 Å². The van der Waals surface area contributed by atoms with Gasteiger partial charge in [0.1, 0.15) is 5.75 Å². The normalized spacial score (nSPS) is 10.1. The van der Waals surface area contributed by atoms with Gasteiger partial charge in [0.05, 0.1) is 12.8 Å². The summed E-state index contributed by atoms with van der Waals surface area (Å²) in [6, 6.07) is 14.2. The van der Waals surface area contributed by atoms with Gasteiger partial charge in [-0.1, -0.05) is 29.8 Å². The van der Waals surface area contributed by atoms with E-state index in [1.54, 1.807) is 23.1 Å². The fourth-order valence-corrected chi connectivity index (χ4v) is 2.45. The number of anilines is 2. The maximum absolute atomic E-state index is 12.2. The maximum atomic E-state index is 12.2. The molecule has 5 nitrogen and oxygen atoms in total. The zero-order valence-electron chi connectivity index (χ0n) is 13.6. The van der Waals surface area contributed by atoms with E-state index in [1.807, 2.05) is 30.3 Å². The predicted octanol–water partition coefficient (Wildman–Crippen LogP) is 3.73. The molecule has 2 rings (SSSR count). The minimum absolute atomic E-state index is 0.116. The highest BCUT2D eigenvalue weighted by molar-refractivity contribution is 6.31. The van der Waals surface area contributed by atoms with Crippen molar-refractivity contribution >= 4 is 34.8 Å². The van der Waals surface area contributed by atoms with Crippen molar-refractivity contribution in [2.75, 3.05) is 23.9 Å². The first kappa shape index (κ1) is 17.8. The maximum Gasteiger partial charge on any atom is 0.226 e. The highest BCUT2D eigenvalue weighted by Crippen LogP contribution is 2.27. The minimum Gasteiger partial charge on any atom is -0.495 e. The van der Waals surface area contributed by atoms with Gasteiger partial charge in [0, 0.05) is 30.6 Å². The van der Waals surface area contributed by atoms with E-state index in [0.717, 1.165) is 5.69 Å². The Labute approximate surface area is 146 Å². The van der Waals surface area contributed by atoms with Crippen LogP contribution in [0.3, 0.4) is 0 Å². The van der Waals surface area contributed by atoms with Crippen molar-refractivity contribution in [2.45, 2.75) is 13.3 Å². The lowest BCUT2D eigenvalue weighted by Crippen LogP contribution is -2.31. The van der Waals surface area contributed by atoms with Gasteiger partial charge >= 0.3 is 0 Å². The van der Waals surface area contributed by atoms with Crippen LogP contribution in [-0.4, -0.2) is 25.5 Å². The number of amides is 2. The fraction of sp³-hybridized carbons (Fsp3) is 0.222. The molecule has 2 amide bonds. The topological polar surface area (TPSA) is 58.6 Å². The summed E-state index contributed by atoms with van der Waals surface area (Å²) in [6.07, 6.45) is 0.157. The number of para-hydroxylation sites is 1. The molecule has 2 aromatic rings. The van der Waals surface area contributed by atoms with Crippen molar-refractivity contribution in [3.05, 3.63) is 53.6 Å². The second-order valence-electron chi connectivity index (χ2n) is 5.15. The fourth-order valence-electron chi connectivity index (χ4n) is 2.28. The van der Waals surface area contributed by atoms with E-state index in [9.17, 15) is 9.59 Å². The molecule has 0 unspecified atom stereocenters. The van der Waals surface area contributed by atoms with E-state index >= 15 is 0 Å². The zero-order valence-corrected chi connectivity index (χ0v) is 14.3. The number of hydrogen-bond acceptors (Lipinski definition) is 3. The molecule has 0 aliphatic heterocycles. The van der Waals surface area contributed by atoms with Crippen LogP contribution in [0.15, 0.2) is 48.5 Å². The largest absolute Gasteiger partial charge is 0.495 e. The number of methoxy groups -OCH3 is 1. The Bertz CT molecular complexity index is 719. The van der Waals surface area contributed by atoms with Crippen LogP contribution >= 0.6 is 11.6 Å².